The monoisotopic (exact) mass is 375 g/mol. The third-order valence-corrected chi connectivity index (χ3v) is 3.92. The number of rotatable bonds is 4. The van der Waals surface area contributed by atoms with Gasteiger partial charge in [0.15, 0.2) is 6.10 Å². The maximum atomic E-state index is 13.2. The number of anilines is 1. The van der Waals surface area contributed by atoms with Crippen molar-refractivity contribution >= 4 is 28.8 Å². The molecule has 2 aromatic heterocycles. The molecule has 0 saturated carbocycles. The lowest BCUT2D eigenvalue weighted by atomic mass is 10.3. The number of hydrogen-bond acceptors (Lipinski definition) is 4. The van der Waals surface area contributed by atoms with Crippen LogP contribution in [-0.4, -0.2) is 21.4 Å². The molecule has 0 radical (unpaired) electrons. The standard InChI is InChI=1S/C18H15ClFN3O3/c1-10-16(18(25)23-9-12(19)6-7-15(23)21-10)22-17(24)11(2)26-14-5-3-4-13(20)8-14/h3-9,11H,1-2H3,(H,22,24). The predicted octanol–water partition coefficient (Wildman–Crippen LogP) is 3.20. The molecule has 134 valence electrons. The smallest absolute Gasteiger partial charge is 0.281 e. The SMILES string of the molecule is Cc1nc2ccc(Cl)cn2c(=O)c1NC(=O)C(C)Oc1cccc(F)c1. The summed E-state index contributed by atoms with van der Waals surface area (Å²) in [4.78, 5) is 29.3. The number of hydrogen-bond donors (Lipinski definition) is 1. The minimum absolute atomic E-state index is 0.0319. The highest BCUT2D eigenvalue weighted by atomic mass is 35.5. The first-order valence-corrected chi connectivity index (χ1v) is 8.14. The van der Waals surface area contributed by atoms with Gasteiger partial charge in [0.05, 0.1) is 10.7 Å². The highest BCUT2D eigenvalue weighted by molar-refractivity contribution is 6.30. The molecule has 0 fully saturated rings. The van der Waals surface area contributed by atoms with E-state index in [-0.39, 0.29) is 11.4 Å². The molecule has 2 heterocycles. The summed E-state index contributed by atoms with van der Waals surface area (Å²) < 4.78 is 19.9. The lowest BCUT2D eigenvalue weighted by Crippen LogP contribution is -2.33. The van der Waals surface area contributed by atoms with Crippen LogP contribution >= 0.6 is 11.6 Å². The van der Waals surface area contributed by atoms with Crippen LogP contribution < -0.4 is 15.6 Å². The van der Waals surface area contributed by atoms with Gasteiger partial charge in [0.1, 0.15) is 22.9 Å². The van der Waals surface area contributed by atoms with Gasteiger partial charge in [-0.3, -0.25) is 14.0 Å². The van der Waals surface area contributed by atoms with E-state index in [1.807, 2.05) is 0 Å². The van der Waals surface area contributed by atoms with Gasteiger partial charge in [0.25, 0.3) is 11.5 Å². The van der Waals surface area contributed by atoms with Crippen molar-refractivity contribution in [2.24, 2.45) is 0 Å². The van der Waals surface area contributed by atoms with Gasteiger partial charge < -0.3 is 10.1 Å². The van der Waals surface area contributed by atoms with Gasteiger partial charge in [-0.25, -0.2) is 9.37 Å². The zero-order valence-electron chi connectivity index (χ0n) is 14.0. The van der Waals surface area contributed by atoms with Crippen LogP contribution in [0.2, 0.25) is 5.02 Å². The van der Waals surface area contributed by atoms with Crippen LogP contribution in [0.4, 0.5) is 10.1 Å². The van der Waals surface area contributed by atoms with Crippen molar-refractivity contribution in [3.05, 3.63) is 69.5 Å². The molecular weight excluding hydrogens is 361 g/mol. The van der Waals surface area contributed by atoms with Gasteiger partial charge in [-0.2, -0.15) is 0 Å². The summed E-state index contributed by atoms with van der Waals surface area (Å²) in [5, 5.41) is 2.89. The van der Waals surface area contributed by atoms with Crippen LogP contribution in [0.3, 0.4) is 0 Å². The Balaban J connectivity index is 1.85. The summed E-state index contributed by atoms with van der Waals surface area (Å²) in [5.41, 5.74) is 0.355. The number of carbonyl (C=O) groups is 1. The summed E-state index contributed by atoms with van der Waals surface area (Å²) in [6, 6.07) is 8.68. The summed E-state index contributed by atoms with van der Waals surface area (Å²) in [6.07, 6.45) is 0.476. The Morgan fingerprint density at radius 2 is 2.12 bits per heavy atom. The second kappa shape index (κ2) is 7.13. The topological polar surface area (TPSA) is 72.7 Å². The number of aromatic nitrogens is 2. The van der Waals surface area contributed by atoms with Gasteiger partial charge >= 0.3 is 0 Å². The number of fused-ring (bicyclic) bond motifs is 1. The van der Waals surface area contributed by atoms with Crippen LogP contribution in [-0.2, 0) is 4.79 Å². The summed E-state index contributed by atoms with van der Waals surface area (Å²) in [5.74, 6) is -0.817. The van der Waals surface area contributed by atoms with E-state index in [4.69, 9.17) is 16.3 Å². The molecule has 0 saturated heterocycles. The molecule has 8 heteroatoms. The highest BCUT2D eigenvalue weighted by Crippen LogP contribution is 2.16. The average Bonchev–Trinajstić information content (AvgIpc) is 2.59. The minimum Gasteiger partial charge on any atom is -0.481 e. The Hall–Kier alpha value is -2.93. The van der Waals surface area contributed by atoms with Crippen molar-refractivity contribution in [3.63, 3.8) is 0 Å². The minimum atomic E-state index is -0.948. The molecule has 3 aromatic rings. The Morgan fingerprint density at radius 3 is 2.85 bits per heavy atom. The van der Waals surface area contributed by atoms with E-state index in [9.17, 15) is 14.0 Å². The molecule has 0 aliphatic carbocycles. The van der Waals surface area contributed by atoms with E-state index in [1.54, 1.807) is 19.1 Å². The third kappa shape index (κ3) is 3.67. The largest absolute Gasteiger partial charge is 0.481 e. The first kappa shape index (κ1) is 17.9. The molecule has 0 aliphatic rings. The van der Waals surface area contributed by atoms with Gasteiger partial charge in [0, 0.05) is 12.3 Å². The number of halogens is 2. The summed E-state index contributed by atoms with van der Waals surface area (Å²) in [7, 11) is 0. The second-order valence-corrected chi connectivity index (χ2v) is 6.10. The molecule has 0 aliphatic heterocycles. The molecule has 0 spiro atoms. The van der Waals surface area contributed by atoms with Crippen LogP contribution in [0.1, 0.15) is 12.6 Å². The molecule has 3 rings (SSSR count). The molecule has 6 nitrogen and oxygen atoms in total. The van der Waals surface area contributed by atoms with Crippen LogP contribution in [0, 0.1) is 12.7 Å². The lowest BCUT2D eigenvalue weighted by Gasteiger charge is -2.15. The number of nitrogens with one attached hydrogen (secondary N) is 1. The zero-order chi connectivity index (χ0) is 18.8. The highest BCUT2D eigenvalue weighted by Gasteiger charge is 2.19. The maximum absolute atomic E-state index is 13.2. The molecular formula is C18H15ClFN3O3. The Bertz CT molecular complexity index is 1050. The van der Waals surface area contributed by atoms with E-state index in [0.29, 0.717) is 16.4 Å². The first-order valence-electron chi connectivity index (χ1n) is 7.77. The fraction of sp³-hybridized carbons (Fsp3) is 0.167. The molecule has 1 atom stereocenters. The second-order valence-electron chi connectivity index (χ2n) is 5.66. The quantitative estimate of drug-likeness (QED) is 0.760. The maximum Gasteiger partial charge on any atom is 0.281 e. The number of carbonyl (C=O) groups excluding carboxylic acids is 1. The lowest BCUT2D eigenvalue weighted by molar-refractivity contribution is -0.122. The molecule has 1 unspecified atom stereocenters. The molecule has 1 amide bonds. The summed E-state index contributed by atoms with van der Waals surface area (Å²) in [6.45, 7) is 3.11. The number of amides is 1. The van der Waals surface area contributed by atoms with Crippen LogP contribution in [0.5, 0.6) is 5.75 Å². The number of aryl methyl sites for hydroxylation is 1. The van der Waals surface area contributed by atoms with E-state index in [2.05, 4.69) is 10.3 Å². The van der Waals surface area contributed by atoms with Crippen molar-refractivity contribution < 1.29 is 13.9 Å². The Morgan fingerprint density at radius 1 is 1.35 bits per heavy atom. The normalized spacial score (nSPS) is 12.0. The van der Waals surface area contributed by atoms with Gasteiger partial charge in [0.2, 0.25) is 0 Å². The van der Waals surface area contributed by atoms with Crippen molar-refractivity contribution in [2.45, 2.75) is 20.0 Å². The first-order chi connectivity index (χ1) is 12.3. The predicted molar refractivity (Wildman–Crippen MR) is 96.3 cm³/mol. The Labute approximate surface area is 153 Å². The van der Waals surface area contributed by atoms with Crippen molar-refractivity contribution in [1.29, 1.82) is 0 Å². The molecule has 1 aromatic carbocycles. The van der Waals surface area contributed by atoms with E-state index < -0.39 is 23.4 Å². The van der Waals surface area contributed by atoms with Gasteiger partial charge in [-0.1, -0.05) is 17.7 Å². The number of ether oxygens (including phenoxy) is 1. The third-order valence-electron chi connectivity index (χ3n) is 3.69. The number of benzene rings is 1. The Kier molecular flexibility index (Phi) is 4.90. The van der Waals surface area contributed by atoms with Crippen LogP contribution in [0.25, 0.3) is 5.65 Å². The van der Waals surface area contributed by atoms with E-state index in [1.165, 1.54) is 41.8 Å². The number of nitrogens with zero attached hydrogens (tertiary/aromatic N) is 2. The van der Waals surface area contributed by atoms with Crippen molar-refractivity contribution in [1.82, 2.24) is 9.38 Å². The van der Waals surface area contributed by atoms with E-state index >= 15 is 0 Å². The van der Waals surface area contributed by atoms with E-state index in [0.717, 1.165) is 0 Å². The van der Waals surface area contributed by atoms with Gasteiger partial charge in [-0.15, -0.1) is 0 Å². The van der Waals surface area contributed by atoms with Crippen molar-refractivity contribution in [3.8, 4) is 5.75 Å². The molecule has 1 N–H and O–H groups in total. The summed E-state index contributed by atoms with van der Waals surface area (Å²) >= 11 is 5.92. The van der Waals surface area contributed by atoms with Crippen LogP contribution in [0.15, 0.2) is 47.4 Å². The fourth-order valence-electron chi connectivity index (χ4n) is 2.39. The molecule has 26 heavy (non-hydrogen) atoms. The average molecular weight is 376 g/mol. The molecule has 0 bridgehead atoms. The van der Waals surface area contributed by atoms with Crippen molar-refractivity contribution in [2.75, 3.05) is 5.32 Å². The van der Waals surface area contributed by atoms with Gasteiger partial charge in [-0.05, 0) is 38.1 Å². The number of pyridine rings is 1. The fourth-order valence-corrected chi connectivity index (χ4v) is 2.55. The zero-order valence-corrected chi connectivity index (χ0v) is 14.7.